The summed E-state index contributed by atoms with van der Waals surface area (Å²) in [6.07, 6.45) is 2.68. The van der Waals surface area contributed by atoms with E-state index in [1.54, 1.807) is 10.7 Å². The molecule has 2 aromatic heterocycles. The van der Waals surface area contributed by atoms with E-state index in [2.05, 4.69) is 25.6 Å². The first-order valence-electron chi connectivity index (χ1n) is 7.07. The Morgan fingerprint density at radius 3 is 3.10 bits per heavy atom. The maximum atomic E-state index is 11.5. The summed E-state index contributed by atoms with van der Waals surface area (Å²) in [5, 5.41) is 9.85. The van der Waals surface area contributed by atoms with Crippen molar-refractivity contribution < 1.29 is 4.79 Å². The number of amides is 2. The Morgan fingerprint density at radius 1 is 1.52 bits per heavy atom. The molecule has 0 aromatic carbocycles. The lowest BCUT2D eigenvalue weighted by Crippen LogP contribution is -2.28. The maximum Gasteiger partial charge on any atom is 0.320 e. The van der Waals surface area contributed by atoms with Crippen LogP contribution in [0.1, 0.15) is 13.3 Å². The van der Waals surface area contributed by atoms with Gasteiger partial charge in [0.05, 0.1) is 6.20 Å². The Kier molecular flexibility index (Phi) is 3.61. The second kappa shape index (κ2) is 5.57. The van der Waals surface area contributed by atoms with Gasteiger partial charge in [0.2, 0.25) is 0 Å². The van der Waals surface area contributed by atoms with Crippen LogP contribution in [0.5, 0.6) is 0 Å². The van der Waals surface area contributed by atoms with Gasteiger partial charge >= 0.3 is 6.03 Å². The number of carbonyl (C=O) groups excluding carboxylic acids is 1. The van der Waals surface area contributed by atoms with Gasteiger partial charge in [0.15, 0.2) is 11.5 Å². The number of urea groups is 1. The minimum Gasteiger partial charge on any atom is -0.354 e. The molecule has 0 radical (unpaired) electrons. The highest BCUT2D eigenvalue weighted by Crippen LogP contribution is 2.18. The molecule has 1 saturated heterocycles. The minimum absolute atomic E-state index is 0.209. The Hall–Kier alpha value is -2.35. The lowest BCUT2D eigenvalue weighted by molar-refractivity contribution is 0.252. The third-order valence-corrected chi connectivity index (χ3v) is 3.43. The van der Waals surface area contributed by atoms with Gasteiger partial charge in [0, 0.05) is 25.7 Å². The van der Waals surface area contributed by atoms with E-state index in [-0.39, 0.29) is 12.1 Å². The van der Waals surface area contributed by atoms with Crippen LogP contribution in [0.3, 0.4) is 0 Å². The number of imidazole rings is 1. The van der Waals surface area contributed by atoms with Crippen LogP contribution < -0.4 is 21.3 Å². The normalized spacial score (nSPS) is 18.2. The number of aromatic nitrogens is 3. The van der Waals surface area contributed by atoms with E-state index in [0.717, 1.165) is 25.3 Å². The van der Waals surface area contributed by atoms with Gasteiger partial charge in [-0.1, -0.05) is 0 Å². The summed E-state index contributed by atoms with van der Waals surface area (Å²) in [7, 11) is 0. The molecule has 8 nitrogen and oxygen atoms in total. The molecular formula is C13H19N7O. The molecule has 2 amide bonds. The molecule has 1 atom stereocenters. The number of anilines is 2. The van der Waals surface area contributed by atoms with Crippen molar-refractivity contribution in [3.8, 4) is 0 Å². The average molecular weight is 289 g/mol. The first-order chi connectivity index (χ1) is 10.2. The summed E-state index contributed by atoms with van der Waals surface area (Å²) in [5.74, 6) is 1.35. The quantitative estimate of drug-likeness (QED) is 0.759. The Balaban J connectivity index is 1.80. The summed E-state index contributed by atoms with van der Waals surface area (Å²) >= 11 is 0. The number of fused-ring (bicyclic) bond motifs is 1. The fraction of sp³-hybridized carbons (Fsp3) is 0.462. The molecule has 112 valence electrons. The fourth-order valence-corrected chi connectivity index (χ4v) is 2.42. The molecule has 3 heterocycles. The van der Waals surface area contributed by atoms with Crippen LogP contribution in [0.2, 0.25) is 0 Å². The number of nitrogens with zero attached hydrogens (tertiary/aromatic N) is 4. The van der Waals surface area contributed by atoms with Crippen molar-refractivity contribution in [3.05, 3.63) is 18.3 Å². The number of nitrogens with two attached hydrogens (primary N) is 1. The first-order valence-corrected chi connectivity index (χ1v) is 7.07. The number of nitrogens with one attached hydrogen (secondary N) is 2. The zero-order valence-electron chi connectivity index (χ0n) is 11.9. The molecule has 3 rings (SSSR count). The van der Waals surface area contributed by atoms with E-state index in [0.29, 0.717) is 18.0 Å². The summed E-state index contributed by atoms with van der Waals surface area (Å²) in [4.78, 5) is 17.9. The Bertz CT molecular complexity index is 653. The zero-order valence-corrected chi connectivity index (χ0v) is 11.9. The summed E-state index contributed by atoms with van der Waals surface area (Å²) in [6, 6.07) is 3.75. The highest BCUT2D eigenvalue weighted by molar-refractivity contribution is 5.88. The van der Waals surface area contributed by atoms with Crippen LogP contribution in [0.25, 0.3) is 5.65 Å². The number of carbonyl (C=O) groups is 1. The van der Waals surface area contributed by atoms with Gasteiger partial charge in [-0.05, 0) is 25.5 Å². The molecule has 0 spiro atoms. The summed E-state index contributed by atoms with van der Waals surface area (Å²) < 4.78 is 1.67. The molecule has 0 aliphatic carbocycles. The molecule has 1 unspecified atom stereocenters. The second-order valence-corrected chi connectivity index (χ2v) is 5.10. The number of hydrogen-bond donors (Lipinski definition) is 3. The lowest BCUT2D eigenvalue weighted by atomic mass is 10.3. The molecule has 1 fully saturated rings. The Morgan fingerprint density at radius 2 is 2.38 bits per heavy atom. The highest BCUT2D eigenvalue weighted by atomic mass is 16.2. The van der Waals surface area contributed by atoms with Gasteiger partial charge in [-0.2, -0.15) is 0 Å². The van der Waals surface area contributed by atoms with Gasteiger partial charge in [0.25, 0.3) is 0 Å². The van der Waals surface area contributed by atoms with Gasteiger partial charge in [-0.15, -0.1) is 5.10 Å². The minimum atomic E-state index is -0.272. The van der Waals surface area contributed by atoms with Gasteiger partial charge < -0.3 is 16.0 Å². The van der Waals surface area contributed by atoms with Crippen molar-refractivity contribution in [1.29, 1.82) is 0 Å². The summed E-state index contributed by atoms with van der Waals surface area (Å²) in [6.45, 7) is 4.16. The SMILES string of the molecule is CCNC(=O)Nc1cn2nc(N3CCC(N)C3)ccc2n1. The van der Waals surface area contributed by atoms with Crippen molar-refractivity contribution >= 4 is 23.3 Å². The van der Waals surface area contributed by atoms with Gasteiger partial charge in [-0.3, -0.25) is 5.32 Å². The van der Waals surface area contributed by atoms with Crippen LogP contribution in [-0.2, 0) is 0 Å². The molecule has 0 bridgehead atoms. The number of rotatable bonds is 3. The summed E-state index contributed by atoms with van der Waals surface area (Å²) in [5.41, 5.74) is 6.61. The predicted molar refractivity (Wildman–Crippen MR) is 80.5 cm³/mol. The smallest absolute Gasteiger partial charge is 0.320 e. The van der Waals surface area contributed by atoms with Crippen LogP contribution in [0, 0.1) is 0 Å². The van der Waals surface area contributed by atoms with Gasteiger partial charge in [-0.25, -0.2) is 14.3 Å². The fourth-order valence-electron chi connectivity index (χ4n) is 2.42. The van der Waals surface area contributed by atoms with E-state index in [1.165, 1.54) is 0 Å². The van der Waals surface area contributed by atoms with Crippen LogP contribution in [0.4, 0.5) is 16.4 Å². The molecule has 1 aliphatic heterocycles. The Labute approximate surface area is 122 Å². The second-order valence-electron chi connectivity index (χ2n) is 5.10. The first kappa shape index (κ1) is 13.6. The van der Waals surface area contributed by atoms with Gasteiger partial charge in [0.1, 0.15) is 5.82 Å². The van der Waals surface area contributed by atoms with Crippen molar-refractivity contribution in [2.75, 3.05) is 29.9 Å². The van der Waals surface area contributed by atoms with Crippen LogP contribution in [0.15, 0.2) is 18.3 Å². The van der Waals surface area contributed by atoms with E-state index >= 15 is 0 Å². The van der Waals surface area contributed by atoms with Crippen LogP contribution >= 0.6 is 0 Å². The predicted octanol–water partition coefficient (Wildman–Crippen LogP) is 0.408. The maximum absolute atomic E-state index is 11.5. The lowest BCUT2D eigenvalue weighted by Gasteiger charge is -2.16. The van der Waals surface area contributed by atoms with E-state index < -0.39 is 0 Å². The molecule has 8 heteroatoms. The third kappa shape index (κ3) is 2.89. The van der Waals surface area contributed by atoms with E-state index in [1.807, 2.05) is 19.1 Å². The van der Waals surface area contributed by atoms with E-state index in [4.69, 9.17) is 5.73 Å². The molecule has 1 aliphatic rings. The van der Waals surface area contributed by atoms with Crippen molar-refractivity contribution in [2.45, 2.75) is 19.4 Å². The van der Waals surface area contributed by atoms with Crippen molar-refractivity contribution in [3.63, 3.8) is 0 Å². The molecule has 21 heavy (non-hydrogen) atoms. The molecular weight excluding hydrogens is 270 g/mol. The highest BCUT2D eigenvalue weighted by Gasteiger charge is 2.20. The number of hydrogen-bond acceptors (Lipinski definition) is 5. The third-order valence-electron chi connectivity index (χ3n) is 3.43. The van der Waals surface area contributed by atoms with E-state index in [9.17, 15) is 4.79 Å². The monoisotopic (exact) mass is 289 g/mol. The zero-order chi connectivity index (χ0) is 14.8. The molecule has 4 N–H and O–H groups in total. The van der Waals surface area contributed by atoms with Crippen LogP contribution in [-0.4, -0.2) is 46.3 Å². The van der Waals surface area contributed by atoms with Crippen molar-refractivity contribution in [2.24, 2.45) is 5.73 Å². The molecule has 0 saturated carbocycles. The topological polar surface area (TPSA) is 101 Å². The molecule has 2 aromatic rings. The standard InChI is InChI=1S/C13H19N7O/c1-2-15-13(21)17-10-8-20-11(16-10)3-4-12(18-20)19-6-5-9(14)7-19/h3-4,8-9H,2,5-7,14H2,1H3,(H2,15,17,21). The largest absolute Gasteiger partial charge is 0.354 e. The average Bonchev–Trinajstić information content (AvgIpc) is 3.03. The van der Waals surface area contributed by atoms with Crippen molar-refractivity contribution in [1.82, 2.24) is 19.9 Å².